The maximum absolute atomic E-state index is 13.8. The standard InChI is InChI=1S/C19H22FN3O2S/c1-12(2)17(21-18(24)16-5-4-10-26-16)19(25)23-9-8-22(3)14-7-6-13(20)11-15(14)23/h4-7,10-12,17H,8-9H2,1-3H3,(H,21,24). The quantitative estimate of drug-likeness (QED) is 0.893. The first-order valence-corrected chi connectivity index (χ1v) is 9.43. The van der Waals surface area contributed by atoms with Gasteiger partial charge in [-0.05, 0) is 35.6 Å². The van der Waals surface area contributed by atoms with Crippen LogP contribution in [0.4, 0.5) is 15.8 Å². The molecule has 1 aromatic carbocycles. The largest absolute Gasteiger partial charge is 0.371 e. The third-order valence-electron chi connectivity index (χ3n) is 4.53. The third kappa shape index (κ3) is 3.58. The SMILES string of the molecule is CC(C)C(NC(=O)c1cccs1)C(=O)N1CCN(C)c2ccc(F)cc21. The molecule has 26 heavy (non-hydrogen) atoms. The van der Waals surface area contributed by atoms with Crippen LogP contribution in [0.3, 0.4) is 0 Å². The zero-order valence-corrected chi connectivity index (χ0v) is 15.8. The minimum atomic E-state index is -0.677. The van der Waals surface area contributed by atoms with Crippen LogP contribution in [0.1, 0.15) is 23.5 Å². The van der Waals surface area contributed by atoms with Crippen molar-refractivity contribution in [1.82, 2.24) is 5.32 Å². The molecule has 1 aliphatic rings. The van der Waals surface area contributed by atoms with E-state index < -0.39 is 6.04 Å². The molecule has 0 fully saturated rings. The minimum absolute atomic E-state index is 0.0944. The van der Waals surface area contributed by atoms with Gasteiger partial charge in [-0.3, -0.25) is 9.59 Å². The summed E-state index contributed by atoms with van der Waals surface area (Å²) in [6, 6.07) is 7.29. The molecule has 0 aliphatic carbocycles. The van der Waals surface area contributed by atoms with Crippen LogP contribution in [0, 0.1) is 11.7 Å². The van der Waals surface area contributed by atoms with Crippen molar-refractivity contribution in [2.75, 3.05) is 29.9 Å². The van der Waals surface area contributed by atoms with Crippen LogP contribution >= 0.6 is 11.3 Å². The molecular formula is C19H22FN3O2S. The molecule has 1 unspecified atom stereocenters. The Labute approximate surface area is 156 Å². The fraction of sp³-hybridized carbons (Fsp3) is 0.368. The van der Waals surface area contributed by atoms with E-state index in [4.69, 9.17) is 0 Å². The lowest BCUT2D eigenvalue weighted by Gasteiger charge is -2.38. The van der Waals surface area contributed by atoms with E-state index in [-0.39, 0.29) is 23.5 Å². The van der Waals surface area contributed by atoms with E-state index in [1.165, 1.54) is 23.5 Å². The average Bonchev–Trinajstić information content (AvgIpc) is 3.13. The Bertz CT molecular complexity index is 807. The summed E-state index contributed by atoms with van der Waals surface area (Å²) in [4.78, 5) is 29.8. The Kier molecular flexibility index (Phi) is 5.27. The topological polar surface area (TPSA) is 52.7 Å². The zero-order chi connectivity index (χ0) is 18.8. The summed E-state index contributed by atoms with van der Waals surface area (Å²) in [6.45, 7) is 4.87. The third-order valence-corrected chi connectivity index (χ3v) is 5.40. The number of carbonyl (C=O) groups is 2. The van der Waals surface area contributed by atoms with Gasteiger partial charge in [-0.1, -0.05) is 19.9 Å². The van der Waals surface area contributed by atoms with E-state index in [9.17, 15) is 14.0 Å². The molecule has 0 saturated heterocycles. The summed E-state index contributed by atoms with van der Waals surface area (Å²) in [6.07, 6.45) is 0. The lowest BCUT2D eigenvalue weighted by Crippen LogP contribution is -2.54. The van der Waals surface area contributed by atoms with Gasteiger partial charge in [-0.15, -0.1) is 11.3 Å². The van der Waals surface area contributed by atoms with Gasteiger partial charge in [0, 0.05) is 20.1 Å². The van der Waals surface area contributed by atoms with Crippen molar-refractivity contribution in [1.29, 1.82) is 0 Å². The highest BCUT2D eigenvalue weighted by Crippen LogP contribution is 2.33. The molecular weight excluding hydrogens is 353 g/mol. The molecule has 5 nitrogen and oxygen atoms in total. The van der Waals surface area contributed by atoms with Crippen molar-refractivity contribution in [2.24, 2.45) is 5.92 Å². The fourth-order valence-electron chi connectivity index (χ4n) is 3.06. The predicted octanol–water partition coefficient (Wildman–Crippen LogP) is 3.12. The Morgan fingerprint density at radius 2 is 1.96 bits per heavy atom. The van der Waals surface area contributed by atoms with Crippen LogP contribution in [-0.4, -0.2) is 38.0 Å². The van der Waals surface area contributed by atoms with Gasteiger partial charge in [0.25, 0.3) is 5.91 Å². The van der Waals surface area contributed by atoms with Crippen molar-refractivity contribution in [3.05, 3.63) is 46.4 Å². The number of amides is 2. The molecule has 1 aliphatic heterocycles. The van der Waals surface area contributed by atoms with Crippen molar-refractivity contribution in [3.63, 3.8) is 0 Å². The molecule has 0 bridgehead atoms. The maximum atomic E-state index is 13.8. The highest BCUT2D eigenvalue weighted by molar-refractivity contribution is 7.12. The van der Waals surface area contributed by atoms with Gasteiger partial charge in [-0.25, -0.2) is 4.39 Å². The highest BCUT2D eigenvalue weighted by atomic mass is 32.1. The van der Waals surface area contributed by atoms with Crippen molar-refractivity contribution in [3.8, 4) is 0 Å². The molecule has 7 heteroatoms. The minimum Gasteiger partial charge on any atom is -0.371 e. The molecule has 1 aromatic heterocycles. The number of hydrogen-bond acceptors (Lipinski definition) is 4. The van der Waals surface area contributed by atoms with E-state index in [2.05, 4.69) is 5.32 Å². The van der Waals surface area contributed by atoms with Crippen LogP contribution in [-0.2, 0) is 4.79 Å². The predicted molar refractivity (Wildman–Crippen MR) is 102 cm³/mol. The molecule has 2 amide bonds. The normalized spacial score (nSPS) is 15.0. The molecule has 2 aromatic rings. The molecule has 2 heterocycles. The Balaban J connectivity index is 1.87. The zero-order valence-electron chi connectivity index (χ0n) is 15.0. The fourth-order valence-corrected chi connectivity index (χ4v) is 3.68. The Morgan fingerprint density at radius 1 is 1.19 bits per heavy atom. The van der Waals surface area contributed by atoms with Crippen LogP contribution < -0.4 is 15.1 Å². The number of likely N-dealkylation sites (N-methyl/N-ethyl adjacent to an activating group) is 1. The van der Waals surface area contributed by atoms with Crippen LogP contribution in [0.15, 0.2) is 35.7 Å². The number of carbonyl (C=O) groups excluding carboxylic acids is 2. The lowest BCUT2D eigenvalue weighted by molar-refractivity contribution is -0.121. The number of nitrogens with one attached hydrogen (secondary N) is 1. The summed E-state index contributed by atoms with van der Waals surface area (Å²) in [5, 5.41) is 4.67. The molecule has 0 spiro atoms. The monoisotopic (exact) mass is 375 g/mol. The van der Waals surface area contributed by atoms with Crippen molar-refractivity contribution in [2.45, 2.75) is 19.9 Å². The van der Waals surface area contributed by atoms with Gasteiger partial charge in [0.1, 0.15) is 11.9 Å². The summed E-state index contributed by atoms with van der Waals surface area (Å²) in [5.74, 6) is -0.964. The van der Waals surface area contributed by atoms with Crippen LogP contribution in [0.2, 0.25) is 0 Å². The van der Waals surface area contributed by atoms with E-state index in [0.29, 0.717) is 23.7 Å². The van der Waals surface area contributed by atoms with Gasteiger partial charge < -0.3 is 15.1 Å². The summed E-state index contributed by atoms with van der Waals surface area (Å²) in [7, 11) is 1.91. The number of fused-ring (bicyclic) bond motifs is 1. The second-order valence-corrected chi connectivity index (χ2v) is 7.66. The van der Waals surface area contributed by atoms with E-state index in [1.807, 2.05) is 31.2 Å². The van der Waals surface area contributed by atoms with Crippen LogP contribution in [0.5, 0.6) is 0 Å². The van der Waals surface area contributed by atoms with E-state index >= 15 is 0 Å². The van der Waals surface area contributed by atoms with Gasteiger partial charge >= 0.3 is 0 Å². The number of anilines is 2. The van der Waals surface area contributed by atoms with Gasteiger partial charge in [0.2, 0.25) is 5.91 Å². The summed E-state index contributed by atoms with van der Waals surface area (Å²) >= 11 is 1.33. The molecule has 138 valence electrons. The van der Waals surface area contributed by atoms with Crippen LogP contribution in [0.25, 0.3) is 0 Å². The number of rotatable bonds is 4. The number of benzene rings is 1. The summed E-state index contributed by atoms with van der Waals surface area (Å²) < 4.78 is 13.8. The first-order chi connectivity index (χ1) is 12.4. The van der Waals surface area contributed by atoms with Crippen molar-refractivity contribution >= 4 is 34.5 Å². The highest BCUT2D eigenvalue weighted by Gasteiger charge is 2.33. The molecule has 3 rings (SSSR count). The number of halogens is 1. The Hall–Kier alpha value is -2.41. The number of thiophene rings is 1. The van der Waals surface area contributed by atoms with E-state index in [1.54, 1.807) is 23.1 Å². The maximum Gasteiger partial charge on any atom is 0.262 e. The first kappa shape index (κ1) is 18.4. The number of nitrogens with zero attached hydrogens (tertiary/aromatic N) is 2. The molecule has 0 radical (unpaired) electrons. The van der Waals surface area contributed by atoms with Gasteiger partial charge in [-0.2, -0.15) is 0 Å². The molecule has 1 N–H and O–H groups in total. The summed E-state index contributed by atoms with van der Waals surface area (Å²) in [5.41, 5.74) is 1.35. The van der Waals surface area contributed by atoms with Gasteiger partial charge in [0.05, 0.1) is 16.3 Å². The Morgan fingerprint density at radius 3 is 2.62 bits per heavy atom. The lowest BCUT2D eigenvalue weighted by atomic mass is 10.0. The first-order valence-electron chi connectivity index (χ1n) is 8.55. The second kappa shape index (κ2) is 7.45. The smallest absolute Gasteiger partial charge is 0.262 e. The number of hydrogen-bond donors (Lipinski definition) is 1. The molecule has 0 saturated carbocycles. The van der Waals surface area contributed by atoms with Crippen molar-refractivity contribution < 1.29 is 14.0 Å². The molecule has 1 atom stereocenters. The second-order valence-electron chi connectivity index (χ2n) is 6.72. The van der Waals surface area contributed by atoms with E-state index in [0.717, 1.165) is 5.69 Å². The van der Waals surface area contributed by atoms with Gasteiger partial charge in [0.15, 0.2) is 0 Å². The average molecular weight is 375 g/mol.